The molecule has 0 fully saturated rings. The summed E-state index contributed by atoms with van der Waals surface area (Å²) >= 11 is 5.05. The molecule has 0 saturated heterocycles. The Morgan fingerprint density at radius 1 is 1.33 bits per heavy atom. The first kappa shape index (κ1) is 10.9. The number of fused-ring (bicyclic) bond motifs is 1. The summed E-state index contributed by atoms with van der Waals surface area (Å²) in [5.74, 6) is 0.810. The Bertz CT molecular complexity index is 790. The molecule has 0 aliphatic heterocycles. The van der Waals surface area contributed by atoms with Crippen LogP contribution in [0.4, 0.5) is 0 Å². The lowest BCUT2D eigenvalue weighted by Crippen LogP contribution is -1.89. The molecule has 0 amide bonds. The summed E-state index contributed by atoms with van der Waals surface area (Å²) < 4.78 is 0.635. The second kappa shape index (κ2) is 3.92. The third-order valence-corrected chi connectivity index (χ3v) is 2.91. The number of pyridine rings is 2. The molecule has 18 heavy (non-hydrogen) atoms. The van der Waals surface area contributed by atoms with Crippen LogP contribution in [0.5, 0.6) is 5.75 Å². The molecule has 6 heteroatoms. The predicted octanol–water partition coefficient (Wildman–Crippen LogP) is 2.70. The van der Waals surface area contributed by atoms with Gasteiger partial charge in [-0.2, -0.15) is 0 Å². The number of imidazole rings is 1. The molecule has 3 N–H and O–H groups in total. The van der Waals surface area contributed by atoms with Crippen molar-refractivity contribution in [3.8, 4) is 17.3 Å². The van der Waals surface area contributed by atoms with E-state index in [-0.39, 0.29) is 5.75 Å². The van der Waals surface area contributed by atoms with Crippen molar-refractivity contribution in [1.82, 2.24) is 19.9 Å². The van der Waals surface area contributed by atoms with Gasteiger partial charge in [0.2, 0.25) is 0 Å². The van der Waals surface area contributed by atoms with Gasteiger partial charge >= 0.3 is 0 Å². The van der Waals surface area contributed by atoms with E-state index in [0.29, 0.717) is 10.5 Å². The fourth-order valence-electron chi connectivity index (χ4n) is 1.85. The number of nitrogens with one attached hydrogen (secondary N) is 2. The van der Waals surface area contributed by atoms with Crippen molar-refractivity contribution >= 4 is 23.3 Å². The minimum absolute atomic E-state index is 0.147. The number of nitrogens with zero attached hydrogens (tertiary/aromatic N) is 2. The third kappa shape index (κ3) is 1.76. The standard InChI is InChI=1S/C12H10N4OS/c1-6-2-7(17)4-14-11(6)12-15-8-3-10(18)13-5-9(8)16-12/h2-5,17H,1H3,(H,13,18)(H,15,16). The van der Waals surface area contributed by atoms with Crippen LogP contribution in [0.2, 0.25) is 0 Å². The van der Waals surface area contributed by atoms with Crippen molar-refractivity contribution in [3.05, 3.63) is 34.7 Å². The highest BCUT2D eigenvalue weighted by atomic mass is 32.1. The van der Waals surface area contributed by atoms with Crippen molar-refractivity contribution in [2.75, 3.05) is 0 Å². The van der Waals surface area contributed by atoms with Gasteiger partial charge in [-0.25, -0.2) is 9.97 Å². The van der Waals surface area contributed by atoms with Crippen LogP contribution in [-0.2, 0) is 0 Å². The number of aromatic amines is 2. The maximum atomic E-state index is 9.35. The van der Waals surface area contributed by atoms with Crippen LogP contribution in [0.1, 0.15) is 5.56 Å². The zero-order valence-electron chi connectivity index (χ0n) is 9.56. The van der Waals surface area contributed by atoms with Gasteiger partial charge in [0.1, 0.15) is 16.1 Å². The zero-order valence-corrected chi connectivity index (χ0v) is 10.4. The van der Waals surface area contributed by atoms with Crippen LogP contribution >= 0.6 is 12.2 Å². The maximum Gasteiger partial charge on any atom is 0.157 e. The van der Waals surface area contributed by atoms with E-state index in [0.717, 1.165) is 22.3 Å². The molecule has 0 atom stereocenters. The average Bonchev–Trinajstić information content (AvgIpc) is 2.71. The molecule has 3 heterocycles. The summed E-state index contributed by atoms with van der Waals surface area (Å²) in [5.41, 5.74) is 3.24. The summed E-state index contributed by atoms with van der Waals surface area (Å²) in [5, 5.41) is 9.35. The van der Waals surface area contributed by atoms with Crippen LogP contribution in [-0.4, -0.2) is 25.0 Å². The molecule has 0 aliphatic carbocycles. The van der Waals surface area contributed by atoms with Gasteiger partial charge < -0.3 is 15.1 Å². The first-order valence-corrected chi connectivity index (χ1v) is 5.79. The fourth-order valence-corrected chi connectivity index (χ4v) is 2.02. The highest BCUT2D eigenvalue weighted by molar-refractivity contribution is 7.71. The molecule has 90 valence electrons. The molecule has 0 unspecified atom stereocenters. The lowest BCUT2D eigenvalue weighted by atomic mass is 10.2. The van der Waals surface area contributed by atoms with Gasteiger partial charge in [-0.05, 0) is 18.6 Å². The lowest BCUT2D eigenvalue weighted by Gasteiger charge is -2.01. The van der Waals surface area contributed by atoms with Gasteiger partial charge in [-0.1, -0.05) is 12.2 Å². The third-order valence-electron chi connectivity index (χ3n) is 2.68. The van der Waals surface area contributed by atoms with E-state index in [1.807, 2.05) is 6.92 Å². The normalized spacial score (nSPS) is 10.9. The molecule has 0 aliphatic rings. The SMILES string of the molecule is Cc1cc(O)cnc1-c1nc2cc(=S)[nH]cc2[nH]1. The van der Waals surface area contributed by atoms with Gasteiger partial charge in [0.05, 0.1) is 17.2 Å². The largest absolute Gasteiger partial charge is 0.506 e. The molecule has 3 aromatic rings. The number of hydrogen-bond donors (Lipinski definition) is 3. The van der Waals surface area contributed by atoms with Crippen LogP contribution < -0.4 is 0 Å². The monoisotopic (exact) mass is 258 g/mol. The Labute approximate surface area is 108 Å². The molecule has 3 aromatic heterocycles. The van der Waals surface area contributed by atoms with Crippen LogP contribution in [0.25, 0.3) is 22.6 Å². The number of rotatable bonds is 1. The van der Waals surface area contributed by atoms with E-state index in [2.05, 4.69) is 19.9 Å². The average molecular weight is 258 g/mol. The van der Waals surface area contributed by atoms with Crippen LogP contribution in [0.15, 0.2) is 24.5 Å². The number of aromatic hydroxyl groups is 1. The Balaban J connectivity index is 2.22. The maximum absolute atomic E-state index is 9.35. The number of aromatic nitrogens is 4. The predicted molar refractivity (Wildman–Crippen MR) is 70.9 cm³/mol. The molecule has 3 rings (SSSR count). The topological polar surface area (TPSA) is 77.6 Å². The van der Waals surface area contributed by atoms with Crippen molar-refractivity contribution < 1.29 is 5.11 Å². The molecular weight excluding hydrogens is 248 g/mol. The Kier molecular flexibility index (Phi) is 2.38. The molecule has 0 spiro atoms. The van der Waals surface area contributed by atoms with E-state index >= 15 is 0 Å². The second-order valence-electron chi connectivity index (χ2n) is 4.04. The molecular formula is C12H10N4OS. The molecule has 5 nitrogen and oxygen atoms in total. The Morgan fingerprint density at radius 3 is 2.94 bits per heavy atom. The molecule has 0 aromatic carbocycles. The van der Waals surface area contributed by atoms with Crippen molar-refractivity contribution in [2.45, 2.75) is 6.92 Å². The van der Waals surface area contributed by atoms with Gasteiger partial charge in [0.15, 0.2) is 5.82 Å². The van der Waals surface area contributed by atoms with Gasteiger partial charge in [-0.15, -0.1) is 0 Å². The van der Waals surface area contributed by atoms with Gasteiger partial charge in [0.25, 0.3) is 0 Å². The molecule has 0 radical (unpaired) electrons. The minimum Gasteiger partial charge on any atom is -0.506 e. The van der Waals surface area contributed by atoms with E-state index in [1.165, 1.54) is 6.20 Å². The fraction of sp³-hybridized carbons (Fsp3) is 0.0833. The number of hydrogen-bond acceptors (Lipinski definition) is 4. The van der Waals surface area contributed by atoms with E-state index in [4.69, 9.17) is 12.2 Å². The summed E-state index contributed by atoms with van der Waals surface area (Å²) in [6.45, 7) is 1.87. The number of aryl methyl sites for hydroxylation is 1. The first-order chi connectivity index (χ1) is 8.63. The van der Waals surface area contributed by atoms with Crippen molar-refractivity contribution in [3.63, 3.8) is 0 Å². The summed E-state index contributed by atoms with van der Waals surface area (Å²) in [7, 11) is 0. The summed E-state index contributed by atoms with van der Waals surface area (Å²) in [6, 6.07) is 3.45. The van der Waals surface area contributed by atoms with E-state index < -0.39 is 0 Å². The smallest absolute Gasteiger partial charge is 0.157 e. The number of H-pyrrole nitrogens is 2. The van der Waals surface area contributed by atoms with E-state index in [1.54, 1.807) is 18.3 Å². The Morgan fingerprint density at radius 2 is 2.17 bits per heavy atom. The zero-order chi connectivity index (χ0) is 12.7. The van der Waals surface area contributed by atoms with Crippen LogP contribution in [0.3, 0.4) is 0 Å². The molecule has 0 bridgehead atoms. The minimum atomic E-state index is 0.147. The lowest BCUT2D eigenvalue weighted by molar-refractivity contribution is 0.472. The highest BCUT2D eigenvalue weighted by Gasteiger charge is 2.09. The first-order valence-electron chi connectivity index (χ1n) is 5.38. The van der Waals surface area contributed by atoms with E-state index in [9.17, 15) is 5.11 Å². The van der Waals surface area contributed by atoms with Crippen molar-refractivity contribution in [2.24, 2.45) is 0 Å². The summed E-state index contributed by atoms with van der Waals surface area (Å²) in [6.07, 6.45) is 3.18. The van der Waals surface area contributed by atoms with Gasteiger partial charge in [-0.3, -0.25) is 0 Å². The quantitative estimate of drug-likeness (QED) is 0.586. The van der Waals surface area contributed by atoms with Crippen molar-refractivity contribution in [1.29, 1.82) is 0 Å². The molecule has 0 saturated carbocycles. The second-order valence-corrected chi connectivity index (χ2v) is 4.48. The van der Waals surface area contributed by atoms with Gasteiger partial charge in [0, 0.05) is 12.3 Å². The highest BCUT2D eigenvalue weighted by Crippen LogP contribution is 2.23. The summed E-state index contributed by atoms with van der Waals surface area (Å²) in [4.78, 5) is 14.7. The Hall–Kier alpha value is -2.21. The van der Waals surface area contributed by atoms with Crippen LogP contribution in [0, 0.1) is 11.6 Å².